The van der Waals surface area contributed by atoms with Gasteiger partial charge in [0.2, 0.25) is 5.91 Å². The number of halogens is 2. The second-order valence-electron chi connectivity index (χ2n) is 8.40. The molecule has 3 rings (SSSR count). The van der Waals surface area contributed by atoms with Crippen molar-refractivity contribution in [1.29, 1.82) is 0 Å². The van der Waals surface area contributed by atoms with Crippen LogP contribution >= 0.6 is 24.8 Å². The number of carbonyl (C=O) groups is 1. The van der Waals surface area contributed by atoms with E-state index in [2.05, 4.69) is 53.6 Å². The maximum Gasteiger partial charge on any atom is 0.228 e. The van der Waals surface area contributed by atoms with Crippen molar-refractivity contribution < 1.29 is 9.53 Å². The quantitative estimate of drug-likeness (QED) is 0.726. The summed E-state index contributed by atoms with van der Waals surface area (Å²) in [4.78, 5) is 15.5. The standard InChI is InChI=1S/C21H33N3O2.2ClH/c1-20(2,24-13-8-17-6-4-5-7-18(17)14-24)15-23-19(25)21(16-26-3)9-11-22-12-10-21;;/h4-7,22H,8-16H2,1-3H3,(H,23,25);2*1H. The van der Waals surface area contributed by atoms with Crippen LogP contribution in [0.15, 0.2) is 24.3 Å². The highest BCUT2D eigenvalue weighted by molar-refractivity contribution is 5.85. The predicted octanol–water partition coefficient (Wildman–Crippen LogP) is 2.80. The molecule has 1 aromatic rings. The van der Waals surface area contributed by atoms with Crippen LogP contribution in [0, 0.1) is 5.41 Å². The molecular formula is C21H35Cl2N3O2. The number of ether oxygens (including phenoxy) is 1. The fourth-order valence-corrected chi connectivity index (χ4v) is 4.23. The normalized spacial score (nSPS) is 19.0. The van der Waals surface area contributed by atoms with E-state index in [9.17, 15) is 4.79 Å². The Morgan fingerprint density at radius 2 is 1.86 bits per heavy atom. The van der Waals surface area contributed by atoms with Crippen molar-refractivity contribution in [3.05, 3.63) is 35.4 Å². The molecule has 0 spiro atoms. The highest BCUT2D eigenvalue weighted by Crippen LogP contribution is 2.30. The van der Waals surface area contributed by atoms with Gasteiger partial charge in [0.25, 0.3) is 0 Å². The highest BCUT2D eigenvalue weighted by atomic mass is 35.5. The van der Waals surface area contributed by atoms with Gasteiger partial charge in [-0.2, -0.15) is 0 Å². The average molecular weight is 432 g/mol. The molecule has 1 amide bonds. The Morgan fingerprint density at radius 1 is 1.21 bits per heavy atom. The van der Waals surface area contributed by atoms with Crippen molar-refractivity contribution in [2.45, 2.75) is 45.2 Å². The number of fused-ring (bicyclic) bond motifs is 1. The molecule has 5 nitrogen and oxygen atoms in total. The Morgan fingerprint density at radius 3 is 2.50 bits per heavy atom. The SMILES string of the molecule is COCC1(C(=O)NCC(C)(C)N2CCc3ccccc3C2)CCNCC1.Cl.Cl. The zero-order valence-corrected chi connectivity index (χ0v) is 18.9. The molecule has 0 aliphatic carbocycles. The molecule has 2 aliphatic heterocycles. The van der Waals surface area contributed by atoms with Gasteiger partial charge in [-0.3, -0.25) is 9.69 Å². The Bertz CT molecular complexity index is 628. The summed E-state index contributed by atoms with van der Waals surface area (Å²) < 4.78 is 5.39. The van der Waals surface area contributed by atoms with Crippen LogP contribution in [0.2, 0.25) is 0 Å². The van der Waals surface area contributed by atoms with Crippen molar-refractivity contribution in [3.63, 3.8) is 0 Å². The van der Waals surface area contributed by atoms with E-state index in [1.807, 2.05) is 0 Å². The van der Waals surface area contributed by atoms with Crippen molar-refractivity contribution in [1.82, 2.24) is 15.5 Å². The van der Waals surface area contributed by atoms with Crippen LogP contribution in [-0.4, -0.2) is 56.2 Å². The molecule has 7 heteroatoms. The first-order valence-electron chi connectivity index (χ1n) is 9.77. The number of rotatable bonds is 6. The maximum atomic E-state index is 13.0. The molecule has 0 saturated carbocycles. The summed E-state index contributed by atoms with van der Waals surface area (Å²) in [6.07, 6.45) is 2.75. The second kappa shape index (κ2) is 10.8. The summed E-state index contributed by atoms with van der Waals surface area (Å²) in [5.41, 5.74) is 2.40. The van der Waals surface area contributed by atoms with E-state index in [0.29, 0.717) is 13.2 Å². The lowest BCUT2D eigenvalue weighted by molar-refractivity contribution is -0.136. The van der Waals surface area contributed by atoms with Gasteiger partial charge in [0, 0.05) is 32.3 Å². The van der Waals surface area contributed by atoms with Crippen molar-refractivity contribution in [2.75, 3.05) is 39.9 Å². The lowest BCUT2D eigenvalue weighted by atomic mass is 9.78. The predicted molar refractivity (Wildman–Crippen MR) is 119 cm³/mol. The van der Waals surface area contributed by atoms with E-state index in [1.165, 1.54) is 11.1 Å². The fourth-order valence-electron chi connectivity index (χ4n) is 4.23. The first kappa shape index (κ1) is 25.2. The van der Waals surface area contributed by atoms with Crippen LogP contribution in [0.5, 0.6) is 0 Å². The smallest absolute Gasteiger partial charge is 0.228 e. The van der Waals surface area contributed by atoms with E-state index in [0.717, 1.165) is 45.4 Å². The van der Waals surface area contributed by atoms with Crippen molar-refractivity contribution in [2.24, 2.45) is 5.41 Å². The summed E-state index contributed by atoms with van der Waals surface area (Å²) in [5.74, 6) is 0.145. The molecule has 0 unspecified atom stereocenters. The van der Waals surface area contributed by atoms with E-state index in [4.69, 9.17) is 4.74 Å². The van der Waals surface area contributed by atoms with Crippen LogP contribution in [0.25, 0.3) is 0 Å². The van der Waals surface area contributed by atoms with Crippen LogP contribution in [0.1, 0.15) is 37.8 Å². The van der Waals surface area contributed by atoms with Gasteiger partial charge >= 0.3 is 0 Å². The number of benzene rings is 1. The molecule has 1 aromatic carbocycles. The van der Waals surface area contributed by atoms with Gasteiger partial charge in [0.1, 0.15) is 0 Å². The minimum Gasteiger partial charge on any atom is -0.384 e. The number of hydrogen-bond acceptors (Lipinski definition) is 4. The third-order valence-electron chi connectivity index (χ3n) is 6.13. The molecule has 1 saturated heterocycles. The van der Waals surface area contributed by atoms with Gasteiger partial charge in [-0.15, -0.1) is 24.8 Å². The molecular weight excluding hydrogens is 397 g/mol. The van der Waals surface area contributed by atoms with Gasteiger partial charge < -0.3 is 15.4 Å². The monoisotopic (exact) mass is 431 g/mol. The Kier molecular flexibility index (Phi) is 9.71. The van der Waals surface area contributed by atoms with Gasteiger partial charge in [0.05, 0.1) is 12.0 Å². The number of carbonyl (C=O) groups excluding carboxylic acids is 1. The summed E-state index contributed by atoms with van der Waals surface area (Å²) in [7, 11) is 1.69. The maximum absolute atomic E-state index is 13.0. The van der Waals surface area contributed by atoms with Crippen LogP contribution in [0.3, 0.4) is 0 Å². The first-order chi connectivity index (χ1) is 12.5. The molecule has 2 heterocycles. The summed E-state index contributed by atoms with van der Waals surface area (Å²) >= 11 is 0. The van der Waals surface area contributed by atoms with Gasteiger partial charge in [-0.05, 0) is 57.3 Å². The topological polar surface area (TPSA) is 53.6 Å². The zero-order chi connectivity index (χ0) is 18.6. The van der Waals surface area contributed by atoms with Gasteiger partial charge in [-0.1, -0.05) is 24.3 Å². The first-order valence-corrected chi connectivity index (χ1v) is 9.77. The zero-order valence-electron chi connectivity index (χ0n) is 17.3. The van der Waals surface area contributed by atoms with E-state index in [1.54, 1.807) is 7.11 Å². The van der Waals surface area contributed by atoms with Crippen molar-refractivity contribution in [3.8, 4) is 0 Å². The molecule has 0 aromatic heterocycles. The molecule has 28 heavy (non-hydrogen) atoms. The minimum atomic E-state index is -0.384. The molecule has 2 N–H and O–H groups in total. The summed E-state index contributed by atoms with van der Waals surface area (Å²) in [6, 6.07) is 8.68. The van der Waals surface area contributed by atoms with E-state index in [-0.39, 0.29) is 41.7 Å². The second-order valence-corrected chi connectivity index (χ2v) is 8.40. The van der Waals surface area contributed by atoms with Crippen LogP contribution in [-0.2, 0) is 22.5 Å². The molecule has 0 bridgehead atoms. The number of methoxy groups -OCH3 is 1. The molecule has 0 atom stereocenters. The number of piperidine rings is 1. The third-order valence-corrected chi connectivity index (χ3v) is 6.13. The number of nitrogens with one attached hydrogen (secondary N) is 2. The van der Waals surface area contributed by atoms with E-state index >= 15 is 0 Å². The van der Waals surface area contributed by atoms with Crippen LogP contribution < -0.4 is 10.6 Å². The number of nitrogens with zero attached hydrogens (tertiary/aromatic N) is 1. The minimum absolute atomic E-state index is 0. The van der Waals surface area contributed by atoms with Gasteiger partial charge in [-0.25, -0.2) is 0 Å². The van der Waals surface area contributed by atoms with Crippen molar-refractivity contribution >= 4 is 30.7 Å². The largest absolute Gasteiger partial charge is 0.384 e. The lowest BCUT2D eigenvalue weighted by Gasteiger charge is -2.43. The average Bonchev–Trinajstić information content (AvgIpc) is 2.66. The number of hydrogen-bond donors (Lipinski definition) is 2. The third kappa shape index (κ3) is 5.61. The molecule has 1 fully saturated rings. The summed E-state index contributed by atoms with van der Waals surface area (Å²) in [5, 5.41) is 6.59. The van der Waals surface area contributed by atoms with Gasteiger partial charge in [0.15, 0.2) is 0 Å². The molecule has 2 aliphatic rings. The number of amides is 1. The fraction of sp³-hybridized carbons (Fsp3) is 0.667. The highest BCUT2D eigenvalue weighted by Gasteiger charge is 2.40. The Labute approximate surface area is 181 Å². The Balaban J connectivity index is 0.00000196. The van der Waals surface area contributed by atoms with E-state index < -0.39 is 0 Å². The molecule has 0 radical (unpaired) electrons. The summed E-state index contributed by atoms with van der Waals surface area (Å²) in [6.45, 7) is 9.36. The van der Waals surface area contributed by atoms with Crippen LogP contribution in [0.4, 0.5) is 0 Å². The lowest BCUT2D eigenvalue weighted by Crippen LogP contribution is -2.56. The Hall–Kier alpha value is -0.850. The molecule has 160 valence electrons.